The van der Waals surface area contributed by atoms with E-state index in [0.717, 1.165) is 50.5 Å². The van der Waals surface area contributed by atoms with Crippen LogP contribution in [0.2, 0.25) is 0 Å². The molecule has 2 aromatic rings. The van der Waals surface area contributed by atoms with E-state index >= 15 is 0 Å². The molecule has 2 aliphatic rings. The zero-order chi connectivity index (χ0) is 19.7. The fourth-order valence-corrected chi connectivity index (χ4v) is 3.64. The number of amides is 2. The highest BCUT2D eigenvalue weighted by atomic mass is 16.2. The zero-order valence-electron chi connectivity index (χ0n) is 16.3. The molecule has 3 heterocycles. The largest absolute Gasteiger partial charge is 0.354 e. The van der Waals surface area contributed by atoms with Gasteiger partial charge in [-0.2, -0.15) is 0 Å². The molecule has 2 amide bonds. The van der Waals surface area contributed by atoms with Crippen molar-refractivity contribution in [3.63, 3.8) is 0 Å². The molecule has 2 aliphatic heterocycles. The van der Waals surface area contributed by atoms with Crippen LogP contribution in [0.5, 0.6) is 0 Å². The molecule has 28 heavy (non-hydrogen) atoms. The van der Waals surface area contributed by atoms with Gasteiger partial charge in [-0.05, 0) is 43.3 Å². The van der Waals surface area contributed by atoms with Crippen molar-refractivity contribution in [2.24, 2.45) is 0 Å². The Labute approximate surface area is 164 Å². The molecule has 0 spiro atoms. The summed E-state index contributed by atoms with van der Waals surface area (Å²) in [6.45, 7) is 4.49. The molecule has 0 bridgehead atoms. The Morgan fingerprint density at radius 1 is 1.04 bits per heavy atom. The first kappa shape index (κ1) is 18.4. The van der Waals surface area contributed by atoms with Crippen LogP contribution in [0, 0.1) is 0 Å². The number of fused-ring (bicyclic) bond motifs is 1. The van der Waals surface area contributed by atoms with Crippen molar-refractivity contribution >= 4 is 23.3 Å². The Balaban J connectivity index is 1.50. The van der Waals surface area contributed by atoms with Crippen LogP contribution in [0.3, 0.4) is 0 Å². The average molecular weight is 379 g/mol. The van der Waals surface area contributed by atoms with Gasteiger partial charge in [0.25, 0.3) is 11.8 Å². The van der Waals surface area contributed by atoms with Crippen molar-refractivity contribution in [3.8, 4) is 0 Å². The van der Waals surface area contributed by atoms with E-state index in [4.69, 9.17) is 0 Å². The molecule has 146 valence electrons. The number of nitrogens with zero attached hydrogens (tertiary/aromatic N) is 4. The number of carbonyl (C=O) groups is 2. The number of nitrogens with one attached hydrogen (secondary N) is 1. The number of anilines is 2. The summed E-state index contributed by atoms with van der Waals surface area (Å²) in [5.74, 6) is 0.621. The lowest BCUT2D eigenvalue weighted by atomic mass is 9.98. The second-order valence-electron chi connectivity index (χ2n) is 7.50. The van der Waals surface area contributed by atoms with Crippen molar-refractivity contribution in [1.29, 1.82) is 0 Å². The lowest BCUT2D eigenvalue weighted by molar-refractivity contribution is 0.0780. The monoisotopic (exact) mass is 379 g/mol. The summed E-state index contributed by atoms with van der Waals surface area (Å²) in [4.78, 5) is 35.7. The van der Waals surface area contributed by atoms with Gasteiger partial charge in [0.2, 0.25) is 0 Å². The maximum atomic E-state index is 12.8. The highest BCUT2D eigenvalue weighted by Crippen LogP contribution is 2.23. The van der Waals surface area contributed by atoms with Crippen LogP contribution < -0.4 is 10.2 Å². The normalized spacial score (nSPS) is 17.4. The number of likely N-dealkylation sites (N-methyl/N-ethyl adjacent to an activating group) is 2. The van der Waals surface area contributed by atoms with Gasteiger partial charge in [-0.15, -0.1) is 0 Å². The summed E-state index contributed by atoms with van der Waals surface area (Å²) in [6.07, 6.45) is 2.51. The van der Waals surface area contributed by atoms with Crippen LogP contribution in [0.25, 0.3) is 0 Å². The highest BCUT2D eigenvalue weighted by molar-refractivity contribution is 6.05. The fraction of sp³-hybridized carbons (Fsp3) is 0.381. The Kier molecular flexibility index (Phi) is 5.00. The summed E-state index contributed by atoms with van der Waals surface area (Å²) >= 11 is 0. The van der Waals surface area contributed by atoms with Gasteiger partial charge in [-0.3, -0.25) is 9.59 Å². The third kappa shape index (κ3) is 3.71. The van der Waals surface area contributed by atoms with Crippen LogP contribution in [-0.2, 0) is 6.42 Å². The van der Waals surface area contributed by atoms with E-state index in [9.17, 15) is 9.59 Å². The quantitative estimate of drug-likeness (QED) is 0.879. The summed E-state index contributed by atoms with van der Waals surface area (Å²) in [6, 6.07) is 9.11. The summed E-state index contributed by atoms with van der Waals surface area (Å²) in [5.41, 5.74) is 2.89. The minimum Gasteiger partial charge on any atom is -0.354 e. The van der Waals surface area contributed by atoms with Gasteiger partial charge in [-0.25, -0.2) is 4.98 Å². The molecule has 0 radical (unpaired) electrons. The van der Waals surface area contributed by atoms with Crippen LogP contribution in [0.1, 0.15) is 26.3 Å². The average Bonchev–Trinajstić information content (AvgIpc) is 2.72. The maximum Gasteiger partial charge on any atom is 0.255 e. The number of hydrogen-bond acceptors (Lipinski definition) is 5. The summed E-state index contributed by atoms with van der Waals surface area (Å²) in [7, 11) is 3.91. The SMILES string of the molecule is CN1CCN(c2cc(C(=O)Nc3ccc4c(c3)C(=O)N(C)CC4)ccn2)CC1. The molecule has 0 unspecified atom stereocenters. The van der Waals surface area contributed by atoms with E-state index in [1.807, 2.05) is 18.2 Å². The van der Waals surface area contributed by atoms with Gasteiger partial charge in [0.15, 0.2) is 0 Å². The second kappa shape index (κ2) is 7.59. The molecule has 0 aliphatic carbocycles. The standard InChI is InChI=1S/C21H25N5O2/c1-24-9-11-26(12-10-24)19-13-16(5-7-22-19)20(27)23-17-4-3-15-6-8-25(2)21(28)18(15)14-17/h3-5,7,13-14H,6,8-12H2,1-2H3,(H,23,27). The molecule has 7 nitrogen and oxygen atoms in total. The molecule has 4 rings (SSSR count). The van der Waals surface area contributed by atoms with E-state index in [1.165, 1.54) is 0 Å². The van der Waals surface area contributed by atoms with Gasteiger partial charge >= 0.3 is 0 Å². The van der Waals surface area contributed by atoms with E-state index in [-0.39, 0.29) is 11.8 Å². The summed E-state index contributed by atoms with van der Waals surface area (Å²) in [5, 5.41) is 2.92. The van der Waals surface area contributed by atoms with Crippen molar-refractivity contribution < 1.29 is 9.59 Å². The topological polar surface area (TPSA) is 68.8 Å². The van der Waals surface area contributed by atoms with Gasteiger partial charge in [0.05, 0.1) is 0 Å². The number of pyridine rings is 1. The molecular weight excluding hydrogens is 354 g/mol. The van der Waals surface area contributed by atoms with Gasteiger partial charge < -0.3 is 20.0 Å². The summed E-state index contributed by atoms with van der Waals surface area (Å²) < 4.78 is 0. The first-order valence-electron chi connectivity index (χ1n) is 9.60. The second-order valence-corrected chi connectivity index (χ2v) is 7.50. The number of aromatic nitrogens is 1. The Morgan fingerprint density at radius 3 is 2.61 bits per heavy atom. The van der Waals surface area contributed by atoms with Crippen molar-refractivity contribution in [3.05, 3.63) is 53.2 Å². The van der Waals surface area contributed by atoms with E-state index in [2.05, 4.69) is 27.1 Å². The van der Waals surface area contributed by atoms with Crippen LogP contribution in [0.4, 0.5) is 11.5 Å². The third-order valence-corrected chi connectivity index (χ3v) is 5.50. The van der Waals surface area contributed by atoms with E-state index < -0.39 is 0 Å². The first-order valence-corrected chi connectivity index (χ1v) is 9.60. The van der Waals surface area contributed by atoms with Crippen molar-refractivity contribution in [2.45, 2.75) is 6.42 Å². The minimum absolute atomic E-state index is 0.00128. The Bertz CT molecular complexity index is 905. The molecule has 1 aromatic heterocycles. The molecule has 1 saturated heterocycles. The fourth-order valence-electron chi connectivity index (χ4n) is 3.64. The number of piperazine rings is 1. The molecule has 0 saturated carbocycles. The van der Waals surface area contributed by atoms with Gasteiger partial charge in [0.1, 0.15) is 5.82 Å². The van der Waals surface area contributed by atoms with E-state index in [0.29, 0.717) is 16.8 Å². The van der Waals surface area contributed by atoms with Gasteiger partial charge in [0, 0.05) is 62.8 Å². The third-order valence-electron chi connectivity index (χ3n) is 5.50. The molecule has 0 atom stereocenters. The van der Waals surface area contributed by atoms with Crippen LogP contribution >= 0.6 is 0 Å². The number of rotatable bonds is 3. The Morgan fingerprint density at radius 2 is 1.82 bits per heavy atom. The minimum atomic E-state index is -0.200. The smallest absolute Gasteiger partial charge is 0.255 e. The molecule has 1 N–H and O–H groups in total. The zero-order valence-corrected chi connectivity index (χ0v) is 16.3. The number of carbonyl (C=O) groups excluding carboxylic acids is 2. The van der Waals surface area contributed by atoms with Crippen LogP contribution in [-0.4, -0.2) is 73.4 Å². The predicted molar refractivity (Wildman–Crippen MR) is 109 cm³/mol. The molecular formula is C21H25N5O2. The van der Waals surface area contributed by atoms with Gasteiger partial charge in [-0.1, -0.05) is 6.07 Å². The maximum absolute atomic E-state index is 12.8. The first-order chi connectivity index (χ1) is 13.5. The van der Waals surface area contributed by atoms with Crippen LogP contribution in [0.15, 0.2) is 36.5 Å². The molecule has 1 fully saturated rings. The lowest BCUT2D eigenvalue weighted by Gasteiger charge is -2.33. The predicted octanol–water partition coefficient (Wildman–Crippen LogP) is 1.71. The molecule has 7 heteroatoms. The highest BCUT2D eigenvalue weighted by Gasteiger charge is 2.22. The molecule has 1 aromatic carbocycles. The Hall–Kier alpha value is -2.93. The van der Waals surface area contributed by atoms with Crippen molar-refractivity contribution in [1.82, 2.24) is 14.8 Å². The van der Waals surface area contributed by atoms with E-state index in [1.54, 1.807) is 30.3 Å². The number of benzene rings is 1. The van der Waals surface area contributed by atoms with Crippen molar-refractivity contribution in [2.75, 3.05) is 57.0 Å². The number of hydrogen-bond donors (Lipinski definition) is 1. The lowest BCUT2D eigenvalue weighted by Crippen LogP contribution is -2.44.